The van der Waals surface area contributed by atoms with Crippen molar-refractivity contribution in [1.29, 1.82) is 0 Å². The zero-order valence-corrected chi connectivity index (χ0v) is 8.31. The van der Waals surface area contributed by atoms with Crippen molar-refractivity contribution >= 4 is 5.91 Å². The highest BCUT2D eigenvalue weighted by Gasteiger charge is 2.15. The topological polar surface area (TPSA) is 81.0 Å². The fraction of sp³-hybridized carbons (Fsp3) is 0.667. The van der Waals surface area contributed by atoms with Gasteiger partial charge in [0, 0.05) is 13.1 Å². The molecule has 0 aliphatic heterocycles. The minimum atomic E-state index is -0.560. The highest BCUT2D eigenvalue weighted by molar-refractivity contribution is 5.90. The third-order valence-corrected chi connectivity index (χ3v) is 1.64. The summed E-state index contributed by atoms with van der Waals surface area (Å²) in [5, 5.41) is 26.5. The van der Waals surface area contributed by atoms with E-state index in [0.717, 1.165) is 0 Å². The Morgan fingerprint density at radius 3 is 2.14 bits per heavy atom. The van der Waals surface area contributed by atoms with Crippen LogP contribution in [0.4, 0.5) is 0 Å². The van der Waals surface area contributed by atoms with Crippen LogP contribution in [0.25, 0.3) is 0 Å². The van der Waals surface area contributed by atoms with Gasteiger partial charge in [0.05, 0.1) is 13.2 Å². The van der Waals surface area contributed by atoms with Crippen LogP contribution in [0.5, 0.6) is 0 Å². The Labute approximate surface area is 83.3 Å². The Balaban J connectivity index is 4.34. The average molecular weight is 203 g/mol. The summed E-state index contributed by atoms with van der Waals surface area (Å²) >= 11 is 0. The molecule has 3 N–H and O–H groups in total. The standard InChI is InChI=1S/C9H17NO4/c1-2-3-8(13)9(14)10(4-6-11)5-7-12/h3,11-13H,2,4-7H2,1H3. The second-order valence-corrected chi connectivity index (χ2v) is 2.74. The summed E-state index contributed by atoms with van der Waals surface area (Å²) in [4.78, 5) is 12.6. The summed E-state index contributed by atoms with van der Waals surface area (Å²) in [7, 11) is 0. The molecule has 0 rings (SSSR count). The molecule has 0 saturated heterocycles. The van der Waals surface area contributed by atoms with Gasteiger partial charge in [0.2, 0.25) is 0 Å². The minimum absolute atomic E-state index is 0.112. The molecular weight excluding hydrogens is 186 g/mol. The number of carbonyl (C=O) groups excluding carboxylic acids is 1. The van der Waals surface area contributed by atoms with Crippen molar-refractivity contribution in [2.75, 3.05) is 26.3 Å². The number of carbonyl (C=O) groups is 1. The van der Waals surface area contributed by atoms with Crippen LogP contribution < -0.4 is 0 Å². The van der Waals surface area contributed by atoms with E-state index in [4.69, 9.17) is 10.2 Å². The summed E-state index contributed by atoms with van der Waals surface area (Å²) in [5.41, 5.74) is 0. The third-order valence-electron chi connectivity index (χ3n) is 1.64. The monoisotopic (exact) mass is 203 g/mol. The molecule has 0 heterocycles. The van der Waals surface area contributed by atoms with Gasteiger partial charge in [0.1, 0.15) is 0 Å². The molecule has 82 valence electrons. The zero-order chi connectivity index (χ0) is 11.0. The quantitative estimate of drug-likeness (QED) is 0.407. The van der Waals surface area contributed by atoms with E-state index < -0.39 is 5.91 Å². The first-order valence-electron chi connectivity index (χ1n) is 4.57. The minimum Gasteiger partial charge on any atom is -0.503 e. The van der Waals surface area contributed by atoms with Crippen molar-refractivity contribution in [2.24, 2.45) is 0 Å². The lowest BCUT2D eigenvalue weighted by Crippen LogP contribution is -2.36. The molecule has 14 heavy (non-hydrogen) atoms. The van der Waals surface area contributed by atoms with Gasteiger partial charge in [0.15, 0.2) is 5.76 Å². The molecule has 0 radical (unpaired) electrons. The first-order valence-corrected chi connectivity index (χ1v) is 4.57. The molecule has 0 fully saturated rings. The number of amides is 1. The number of allylic oxidation sites excluding steroid dienone is 1. The number of aliphatic hydroxyl groups is 3. The fourth-order valence-corrected chi connectivity index (χ4v) is 0.999. The predicted molar refractivity (Wildman–Crippen MR) is 51.8 cm³/mol. The molecule has 0 aliphatic rings. The normalized spacial score (nSPS) is 11.5. The van der Waals surface area contributed by atoms with Crippen LogP contribution in [0, 0.1) is 0 Å². The van der Waals surface area contributed by atoms with E-state index in [2.05, 4.69) is 0 Å². The molecule has 1 amide bonds. The molecule has 0 aromatic rings. The second-order valence-electron chi connectivity index (χ2n) is 2.74. The van der Waals surface area contributed by atoms with Crippen molar-refractivity contribution in [3.63, 3.8) is 0 Å². The van der Waals surface area contributed by atoms with Gasteiger partial charge in [-0.25, -0.2) is 0 Å². The Kier molecular flexibility index (Phi) is 6.78. The average Bonchev–Trinajstić information content (AvgIpc) is 2.17. The molecule has 5 nitrogen and oxygen atoms in total. The molecule has 0 aliphatic carbocycles. The van der Waals surface area contributed by atoms with E-state index in [1.54, 1.807) is 6.92 Å². The Bertz CT molecular complexity index is 197. The lowest BCUT2D eigenvalue weighted by atomic mass is 10.3. The van der Waals surface area contributed by atoms with Crippen molar-refractivity contribution in [3.05, 3.63) is 11.8 Å². The SMILES string of the molecule is CCC=C(O)C(=O)N(CCO)CCO. The van der Waals surface area contributed by atoms with E-state index in [-0.39, 0.29) is 32.1 Å². The molecule has 0 atom stereocenters. The van der Waals surface area contributed by atoms with Gasteiger partial charge in [-0.2, -0.15) is 0 Å². The van der Waals surface area contributed by atoms with Crippen LogP contribution >= 0.6 is 0 Å². The van der Waals surface area contributed by atoms with Crippen LogP contribution in [0.1, 0.15) is 13.3 Å². The van der Waals surface area contributed by atoms with Gasteiger partial charge in [-0.1, -0.05) is 6.92 Å². The maximum absolute atomic E-state index is 11.4. The second kappa shape index (κ2) is 7.34. The summed E-state index contributed by atoms with van der Waals surface area (Å²) in [6.45, 7) is 1.64. The number of rotatable bonds is 6. The predicted octanol–water partition coefficient (Wildman–Crippen LogP) is -0.348. The molecule has 0 spiro atoms. The highest BCUT2D eigenvalue weighted by atomic mass is 16.3. The maximum atomic E-state index is 11.4. The summed E-state index contributed by atoms with van der Waals surface area (Å²) in [5.74, 6) is -0.899. The Morgan fingerprint density at radius 2 is 1.79 bits per heavy atom. The van der Waals surface area contributed by atoms with Crippen molar-refractivity contribution in [3.8, 4) is 0 Å². The molecule has 0 unspecified atom stereocenters. The molecule has 0 aromatic heterocycles. The van der Waals surface area contributed by atoms with Crippen molar-refractivity contribution < 1.29 is 20.1 Å². The lowest BCUT2D eigenvalue weighted by molar-refractivity contribution is -0.130. The Morgan fingerprint density at radius 1 is 1.29 bits per heavy atom. The first-order chi connectivity index (χ1) is 6.67. The van der Waals surface area contributed by atoms with E-state index in [9.17, 15) is 9.90 Å². The third kappa shape index (κ3) is 4.25. The maximum Gasteiger partial charge on any atom is 0.288 e. The summed E-state index contributed by atoms with van der Waals surface area (Å²) < 4.78 is 0. The van der Waals surface area contributed by atoms with Crippen LogP contribution in [-0.2, 0) is 4.79 Å². The van der Waals surface area contributed by atoms with Gasteiger partial charge in [0.25, 0.3) is 5.91 Å². The van der Waals surface area contributed by atoms with E-state index >= 15 is 0 Å². The van der Waals surface area contributed by atoms with Crippen LogP contribution in [-0.4, -0.2) is 52.4 Å². The highest BCUT2D eigenvalue weighted by Crippen LogP contribution is 1.99. The van der Waals surface area contributed by atoms with E-state index in [0.29, 0.717) is 6.42 Å². The van der Waals surface area contributed by atoms with E-state index in [1.165, 1.54) is 11.0 Å². The summed E-state index contributed by atoms with van der Waals surface area (Å²) in [6, 6.07) is 0. The largest absolute Gasteiger partial charge is 0.503 e. The molecule has 0 bridgehead atoms. The molecule has 0 aromatic carbocycles. The molecule has 0 saturated carbocycles. The number of hydrogen-bond acceptors (Lipinski definition) is 4. The van der Waals surface area contributed by atoms with Gasteiger partial charge in [-0.3, -0.25) is 4.79 Å². The van der Waals surface area contributed by atoms with Crippen LogP contribution in [0.15, 0.2) is 11.8 Å². The number of aliphatic hydroxyl groups excluding tert-OH is 3. The van der Waals surface area contributed by atoms with Gasteiger partial charge in [-0.05, 0) is 12.5 Å². The zero-order valence-electron chi connectivity index (χ0n) is 8.31. The number of hydrogen-bond donors (Lipinski definition) is 3. The first kappa shape index (κ1) is 12.9. The van der Waals surface area contributed by atoms with Crippen LogP contribution in [0.3, 0.4) is 0 Å². The van der Waals surface area contributed by atoms with Crippen LogP contribution in [0.2, 0.25) is 0 Å². The summed E-state index contributed by atoms with van der Waals surface area (Å²) in [6.07, 6.45) is 1.95. The van der Waals surface area contributed by atoms with Gasteiger partial charge >= 0.3 is 0 Å². The van der Waals surface area contributed by atoms with E-state index in [1.807, 2.05) is 0 Å². The molecular formula is C9H17NO4. The van der Waals surface area contributed by atoms with Crippen molar-refractivity contribution in [1.82, 2.24) is 4.90 Å². The lowest BCUT2D eigenvalue weighted by Gasteiger charge is -2.19. The van der Waals surface area contributed by atoms with Gasteiger partial charge in [-0.15, -0.1) is 0 Å². The number of nitrogens with zero attached hydrogens (tertiary/aromatic N) is 1. The Hall–Kier alpha value is -1.07. The fourth-order valence-electron chi connectivity index (χ4n) is 0.999. The molecule has 5 heteroatoms. The smallest absolute Gasteiger partial charge is 0.288 e. The van der Waals surface area contributed by atoms with Crippen molar-refractivity contribution in [2.45, 2.75) is 13.3 Å². The van der Waals surface area contributed by atoms with Gasteiger partial charge < -0.3 is 20.2 Å².